The number of nitrogens with two attached hydrogens (primary N) is 1. The summed E-state index contributed by atoms with van der Waals surface area (Å²) < 4.78 is 0. The van der Waals surface area contributed by atoms with Gasteiger partial charge in [-0.3, -0.25) is 0 Å². The maximum atomic E-state index is 5.87. The van der Waals surface area contributed by atoms with Gasteiger partial charge in [0.25, 0.3) is 0 Å². The van der Waals surface area contributed by atoms with E-state index in [4.69, 9.17) is 17.3 Å². The van der Waals surface area contributed by atoms with Gasteiger partial charge in [0.15, 0.2) is 0 Å². The van der Waals surface area contributed by atoms with Crippen LogP contribution in [0.1, 0.15) is 17.3 Å². The maximum Gasteiger partial charge on any atom is 0.0561 e. The molecule has 0 saturated heterocycles. The van der Waals surface area contributed by atoms with Crippen molar-refractivity contribution < 1.29 is 0 Å². The third-order valence-corrected chi connectivity index (χ3v) is 2.89. The van der Waals surface area contributed by atoms with Crippen molar-refractivity contribution in [2.75, 3.05) is 0 Å². The first-order valence-electron chi connectivity index (χ1n) is 3.35. The fourth-order valence-corrected chi connectivity index (χ4v) is 2.07. The average Bonchev–Trinajstić information content (AvgIpc) is 2.36. The highest BCUT2D eigenvalue weighted by Crippen LogP contribution is 2.28. The van der Waals surface area contributed by atoms with E-state index in [0.717, 1.165) is 16.3 Å². The smallest absolute Gasteiger partial charge is 0.0561 e. The van der Waals surface area contributed by atoms with Crippen LogP contribution in [-0.4, -0.2) is 0 Å². The van der Waals surface area contributed by atoms with Gasteiger partial charge in [0.05, 0.1) is 5.02 Å². The molecule has 1 aromatic rings. The van der Waals surface area contributed by atoms with Crippen molar-refractivity contribution >= 4 is 22.9 Å². The van der Waals surface area contributed by atoms with Crippen molar-refractivity contribution in [2.45, 2.75) is 12.5 Å². The first-order valence-corrected chi connectivity index (χ1v) is 4.61. The van der Waals surface area contributed by atoms with Gasteiger partial charge in [-0.15, -0.1) is 17.9 Å². The second-order valence-corrected chi connectivity index (χ2v) is 3.62. The van der Waals surface area contributed by atoms with Crippen molar-refractivity contribution in [3.63, 3.8) is 0 Å². The summed E-state index contributed by atoms with van der Waals surface area (Å²) in [5.74, 6) is 0. The van der Waals surface area contributed by atoms with Gasteiger partial charge in [0, 0.05) is 10.9 Å². The van der Waals surface area contributed by atoms with Crippen LogP contribution in [0.3, 0.4) is 0 Å². The van der Waals surface area contributed by atoms with Gasteiger partial charge in [-0.25, -0.2) is 0 Å². The highest BCUT2D eigenvalue weighted by Gasteiger charge is 2.08. The third kappa shape index (κ3) is 2.06. The predicted octanol–water partition coefficient (Wildman–Crippen LogP) is 2.98. The van der Waals surface area contributed by atoms with Gasteiger partial charge in [-0.05, 0) is 17.9 Å². The lowest BCUT2D eigenvalue weighted by Gasteiger charge is -2.05. The van der Waals surface area contributed by atoms with E-state index in [1.54, 1.807) is 17.4 Å². The molecule has 0 aliphatic rings. The van der Waals surface area contributed by atoms with Crippen molar-refractivity contribution in [3.05, 3.63) is 34.0 Å². The van der Waals surface area contributed by atoms with Gasteiger partial charge in [-0.2, -0.15) is 0 Å². The Morgan fingerprint density at radius 1 is 1.82 bits per heavy atom. The van der Waals surface area contributed by atoms with E-state index in [0.29, 0.717) is 0 Å². The van der Waals surface area contributed by atoms with Crippen LogP contribution >= 0.6 is 22.9 Å². The van der Waals surface area contributed by atoms with Crippen LogP contribution in [0.25, 0.3) is 0 Å². The molecule has 2 N–H and O–H groups in total. The van der Waals surface area contributed by atoms with Crippen molar-refractivity contribution in [1.29, 1.82) is 0 Å². The Bertz CT molecular complexity index is 244. The van der Waals surface area contributed by atoms with Gasteiger partial charge in [0.1, 0.15) is 0 Å². The van der Waals surface area contributed by atoms with E-state index >= 15 is 0 Å². The molecule has 1 nitrogen and oxygen atoms in total. The Hall–Kier alpha value is -0.310. The SMILES string of the molecule is C=CCC(N)c1sccc1Cl. The molecule has 1 atom stereocenters. The number of hydrogen-bond acceptors (Lipinski definition) is 2. The standard InChI is InChI=1S/C8H10ClNS/c1-2-3-7(10)8-6(9)4-5-11-8/h2,4-5,7H,1,3,10H2. The number of thiophene rings is 1. The second-order valence-electron chi connectivity index (χ2n) is 2.26. The maximum absolute atomic E-state index is 5.87. The Morgan fingerprint density at radius 3 is 3.00 bits per heavy atom. The molecule has 0 fully saturated rings. The molecule has 0 aromatic carbocycles. The third-order valence-electron chi connectivity index (χ3n) is 1.40. The molecule has 0 aliphatic heterocycles. The van der Waals surface area contributed by atoms with Gasteiger partial charge in [0.2, 0.25) is 0 Å². The van der Waals surface area contributed by atoms with Crippen molar-refractivity contribution in [1.82, 2.24) is 0 Å². The zero-order chi connectivity index (χ0) is 8.27. The number of halogens is 1. The van der Waals surface area contributed by atoms with Crippen LogP contribution in [0.2, 0.25) is 5.02 Å². The lowest BCUT2D eigenvalue weighted by atomic mass is 10.2. The second kappa shape index (κ2) is 3.90. The lowest BCUT2D eigenvalue weighted by molar-refractivity contribution is 0.758. The summed E-state index contributed by atoms with van der Waals surface area (Å²) >= 11 is 7.46. The summed E-state index contributed by atoms with van der Waals surface area (Å²) in [7, 11) is 0. The molecule has 1 unspecified atom stereocenters. The topological polar surface area (TPSA) is 26.0 Å². The molecular weight excluding hydrogens is 178 g/mol. The highest BCUT2D eigenvalue weighted by atomic mass is 35.5. The van der Waals surface area contributed by atoms with Crippen LogP contribution in [0.15, 0.2) is 24.1 Å². The Morgan fingerprint density at radius 2 is 2.55 bits per heavy atom. The predicted molar refractivity (Wildman–Crippen MR) is 51.1 cm³/mol. The summed E-state index contributed by atoms with van der Waals surface area (Å²) in [5, 5.41) is 2.71. The number of rotatable bonds is 3. The van der Waals surface area contributed by atoms with Gasteiger partial charge in [-0.1, -0.05) is 17.7 Å². The molecule has 1 aromatic heterocycles. The Balaban J connectivity index is 2.74. The summed E-state index contributed by atoms with van der Waals surface area (Å²) in [5.41, 5.74) is 5.81. The number of hydrogen-bond donors (Lipinski definition) is 1. The van der Waals surface area contributed by atoms with Crippen LogP contribution in [-0.2, 0) is 0 Å². The minimum Gasteiger partial charge on any atom is -0.323 e. The average molecular weight is 188 g/mol. The molecule has 3 heteroatoms. The summed E-state index contributed by atoms with van der Waals surface area (Å²) in [6.07, 6.45) is 2.58. The fourth-order valence-electron chi connectivity index (χ4n) is 0.857. The molecular formula is C8H10ClNS. The van der Waals surface area contributed by atoms with E-state index in [-0.39, 0.29) is 6.04 Å². The molecule has 0 aliphatic carbocycles. The van der Waals surface area contributed by atoms with Crippen molar-refractivity contribution in [2.24, 2.45) is 5.73 Å². The van der Waals surface area contributed by atoms with Gasteiger partial charge >= 0.3 is 0 Å². The van der Waals surface area contributed by atoms with E-state index in [2.05, 4.69) is 6.58 Å². The molecule has 0 radical (unpaired) electrons. The molecule has 0 bridgehead atoms. The molecule has 0 amide bonds. The monoisotopic (exact) mass is 187 g/mol. The first kappa shape index (κ1) is 8.78. The Labute approximate surface area is 75.5 Å². The summed E-state index contributed by atoms with van der Waals surface area (Å²) in [4.78, 5) is 1.05. The molecule has 1 heterocycles. The molecule has 11 heavy (non-hydrogen) atoms. The minimum absolute atomic E-state index is 0.0139. The quantitative estimate of drug-likeness (QED) is 0.724. The first-order chi connectivity index (χ1) is 5.25. The van der Waals surface area contributed by atoms with E-state index in [1.165, 1.54) is 0 Å². The Kier molecular flexibility index (Phi) is 3.12. The highest BCUT2D eigenvalue weighted by molar-refractivity contribution is 7.10. The van der Waals surface area contributed by atoms with E-state index in [1.807, 2.05) is 11.4 Å². The van der Waals surface area contributed by atoms with Crippen LogP contribution in [0, 0.1) is 0 Å². The largest absolute Gasteiger partial charge is 0.323 e. The molecule has 60 valence electrons. The minimum atomic E-state index is 0.0139. The molecule has 0 spiro atoms. The van der Waals surface area contributed by atoms with Crippen LogP contribution in [0.4, 0.5) is 0 Å². The van der Waals surface area contributed by atoms with E-state index < -0.39 is 0 Å². The summed E-state index contributed by atoms with van der Waals surface area (Å²) in [6.45, 7) is 3.62. The van der Waals surface area contributed by atoms with Crippen molar-refractivity contribution in [3.8, 4) is 0 Å². The lowest BCUT2D eigenvalue weighted by Crippen LogP contribution is -2.07. The zero-order valence-electron chi connectivity index (χ0n) is 6.09. The normalized spacial score (nSPS) is 12.9. The molecule has 0 saturated carbocycles. The van der Waals surface area contributed by atoms with E-state index in [9.17, 15) is 0 Å². The molecule has 1 rings (SSSR count). The fraction of sp³-hybridized carbons (Fsp3) is 0.250. The summed E-state index contributed by atoms with van der Waals surface area (Å²) in [6, 6.07) is 1.88. The van der Waals surface area contributed by atoms with Crippen LogP contribution < -0.4 is 5.73 Å². The van der Waals surface area contributed by atoms with Gasteiger partial charge < -0.3 is 5.73 Å². The zero-order valence-corrected chi connectivity index (χ0v) is 7.66. The van der Waals surface area contributed by atoms with Crippen LogP contribution in [0.5, 0.6) is 0 Å².